The van der Waals surface area contributed by atoms with Gasteiger partial charge >= 0.3 is 0 Å². The number of hydrogen-bond donors (Lipinski definition) is 0. The van der Waals surface area contributed by atoms with E-state index >= 15 is 0 Å². The van der Waals surface area contributed by atoms with E-state index in [1.807, 2.05) is 0 Å². The summed E-state index contributed by atoms with van der Waals surface area (Å²) in [5, 5.41) is 5.17. The van der Waals surface area contributed by atoms with Crippen LogP contribution in [0.3, 0.4) is 0 Å². The molecule has 1 heteroatoms. The van der Waals surface area contributed by atoms with E-state index in [2.05, 4.69) is 134 Å². The average Bonchev–Trinajstić information content (AvgIpc) is 3.20. The van der Waals surface area contributed by atoms with Gasteiger partial charge in [-0.2, -0.15) is 0 Å². The molecule has 0 aliphatic heterocycles. The Morgan fingerprint density at radius 2 is 1.36 bits per heavy atom. The monoisotopic (exact) mass is 423 g/mol. The van der Waals surface area contributed by atoms with Gasteiger partial charge in [-0.3, -0.25) is 0 Å². The van der Waals surface area contributed by atoms with E-state index in [-0.39, 0.29) is 0 Å². The Labute approximate surface area is 194 Å². The first-order valence-electron chi connectivity index (χ1n) is 11.5. The Morgan fingerprint density at radius 3 is 2.21 bits per heavy atom. The molecule has 0 unspecified atom stereocenters. The van der Waals surface area contributed by atoms with Gasteiger partial charge in [-0.05, 0) is 83.3 Å². The van der Waals surface area contributed by atoms with Gasteiger partial charge in [0.05, 0.1) is 11.0 Å². The Morgan fingerprint density at radius 1 is 0.636 bits per heavy atom. The molecule has 158 valence electrons. The van der Waals surface area contributed by atoms with Crippen molar-refractivity contribution in [3.05, 3.63) is 120 Å². The van der Waals surface area contributed by atoms with Crippen molar-refractivity contribution in [3.8, 4) is 16.8 Å². The molecule has 33 heavy (non-hydrogen) atoms. The predicted molar refractivity (Wildman–Crippen MR) is 143 cm³/mol. The van der Waals surface area contributed by atoms with Crippen molar-refractivity contribution < 1.29 is 0 Å². The Bertz CT molecular complexity index is 1670. The first kappa shape index (κ1) is 19.6. The molecule has 0 bridgehead atoms. The number of aromatic nitrogens is 1. The predicted octanol–water partition coefficient (Wildman–Crippen LogP) is 8.95. The number of fused-ring (bicyclic) bond motifs is 5. The molecule has 1 nitrogen and oxygen atoms in total. The maximum atomic E-state index is 2.39. The summed E-state index contributed by atoms with van der Waals surface area (Å²) in [7, 11) is 0. The first-order valence-corrected chi connectivity index (χ1v) is 11.5. The van der Waals surface area contributed by atoms with Crippen molar-refractivity contribution >= 4 is 38.7 Å². The van der Waals surface area contributed by atoms with E-state index in [4.69, 9.17) is 0 Å². The number of allylic oxidation sites excluding steroid dienone is 1. The zero-order valence-electron chi connectivity index (χ0n) is 18.9. The molecule has 0 radical (unpaired) electrons. The number of hydrogen-bond acceptors (Lipinski definition) is 0. The van der Waals surface area contributed by atoms with Crippen molar-refractivity contribution in [1.29, 1.82) is 0 Å². The van der Waals surface area contributed by atoms with E-state index in [0.717, 1.165) is 0 Å². The van der Waals surface area contributed by atoms with Crippen LogP contribution in [0.1, 0.15) is 18.1 Å². The third-order valence-electron chi connectivity index (χ3n) is 6.63. The minimum Gasteiger partial charge on any atom is -0.309 e. The van der Waals surface area contributed by atoms with Gasteiger partial charge in [0.1, 0.15) is 0 Å². The van der Waals surface area contributed by atoms with Crippen molar-refractivity contribution in [2.75, 3.05) is 0 Å². The molecule has 0 atom stereocenters. The van der Waals surface area contributed by atoms with Crippen LogP contribution in [0.25, 0.3) is 55.5 Å². The number of benzene rings is 5. The van der Waals surface area contributed by atoms with Gasteiger partial charge in [-0.25, -0.2) is 0 Å². The maximum Gasteiger partial charge on any atom is 0.0547 e. The van der Waals surface area contributed by atoms with Crippen LogP contribution < -0.4 is 0 Å². The van der Waals surface area contributed by atoms with Crippen molar-refractivity contribution in [2.45, 2.75) is 13.8 Å². The molecule has 0 saturated carbocycles. The zero-order valence-corrected chi connectivity index (χ0v) is 18.9. The highest BCUT2D eigenvalue weighted by molar-refractivity contribution is 6.21. The Kier molecular flexibility index (Phi) is 4.62. The van der Waals surface area contributed by atoms with E-state index in [1.165, 1.54) is 60.5 Å². The third-order valence-corrected chi connectivity index (χ3v) is 6.63. The molecule has 0 N–H and O–H groups in total. The van der Waals surface area contributed by atoms with Crippen LogP contribution in [0.5, 0.6) is 0 Å². The second-order valence-corrected chi connectivity index (χ2v) is 8.66. The molecule has 0 fully saturated rings. The average molecular weight is 424 g/mol. The number of nitrogens with zero attached hydrogens (tertiary/aromatic N) is 1. The van der Waals surface area contributed by atoms with Crippen molar-refractivity contribution in [3.63, 3.8) is 0 Å². The molecule has 6 aromatic rings. The summed E-state index contributed by atoms with van der Waals surface area (Å²) in [5.74, 6) is 0. The largest absolute Gasteiger partial charge is 0.309 e. The normalized spacial score (nSPS) is 11.8. The molecule has 0 saturated heterocycles. The summed E-state index contributed by atoms with van der Waals surface area (Å²) in [6, 6.07) is 37.5. The van der Waals surface area contributed by atoms with Gasteiger partial charge in [-0.15, -0.1) is 0 Å². The van der Waals surface area contributed by atoms with Gasteiger partial charge in [0.2, 0.25) is 0 Å². The van der Waals surface area contributed by atoms with E-state index in [1.54, 1.807) is 0 Å². The minimum absolute atomic E-state index is 1.19. The van der Waals surface area contributed by atoms with Crippen LogP contribution in [0.2, 0.25) is 0 Å². The highest BCUT2D eigenvalue weighted by atomic mass is 15.0. The highest BCUT2D eigenvalue weighted by Crippen LogP contribution is 2.38. The third kappa shape index (κ3) is 3.16. The Balaban J connectivity index is 1.70. The fourth-order valence-corrected chi connectivity index (χ4v) is 5.00. The molecule has 5 aromatic carbocycles. The molecule has 1 heterocycles. The van der Waals surface area contributed by atoms with Crippen LogP contribution in [0, 0.1) is 6.92 Å². The smallest absolute Gasteiger partial charge is 0.0547 e. The molecule has 0 aliphatic carbocycles. The van der Waals surface area contributed by atoms with Gasteiger partial charge in [-0.1, -0.05) is 78.9 Å². The quantitative estimate of drug-likeness (QED) is 0.268. The fourth-order valence-electron chi connectivity index (χ4n) is 5.00. The molecule has 0 amide bonds. The topological polar surface area (TPSA) is 4.93 Å². The van der Waals surface area contributed by atoms with Crippen molar-refractivity contribution in [1.82, 2.24) is 4.57 Å². The van der Waals surface area contributed by atoms with Crippen LogP contribution in [0.15, 0.2) is 109 Å². The molecule has 1 aromatic heterocycles. The minimum atomic E-state index is 1.19. The van der Waals surface area contributed by atoms with Gasteiger partial charge in [0, 0.05) is 16.5 Å². The molecular weight excluding hydrogens is 398 g/mol. The summed E-state index contributed by atoms with van der Waals surface area (Å²) in [4.78, 5) is 0. The molecular formula is C32H25N. The highest BCUT2D eigenvalue weighted by Gasteiger charge is 2.15. The fraction of sp³-hybridized carbons (Fsp3) is 0.0625. The van der Waals surface area contributed by atoms with Crippen LogP contribution in [0.4, 0.5) is 0 Å². The second-order valence-electron chi connectivity index (χ2n) is 8.66. The lowest BCUT2D eigenvalue weighted by atomic mass is 9.97. The zero-order chi connectivity index (χ0) is 22.4. The summed E-state index contributed by atoms with van der Waals surface area (Å²) in [6.07, 6.45) is 4.29. The molecule has 0 spiro atoms. The van der Waals surface area contributed by atoms with Crippen LogP contribution in [-0.4, -0.2) is 4.57 Å². The van der Waals surface area contributed by atoms with Gasteiger partial charge in [0.15, 0.2) is 0 Å². The number of rotatable bonds is 3. The number of para-hydroxylation sites is 1. The van der Waals surface area contributed by atoms with E-state index in [0.29, 0.717) is 0 Å². The lowest BCUT2D eigenvalue weighted by molar-refractivity contribution is 1.18. The van der Waals surface area contributed by atoms with Crippen molar-refractivity contribution in [2.24, 2.45) is 0 Å². The van der Waals surface area contributed by atoms with Crippen LogP contribution >= 0.6 is 0 Å². The lowest BCUT2D eigenvalue weighted by Crippen LogP contribution is -1.93. The molecule has 6 rings (SSSR count). The molecule has 0 aliphatic rings. The second kappa shape index (κ2) is 7.79. The first-order chi connectivity index (χ1) is 16.2. The number of aryl methyl sites for hydroxylation is 1. The summed E-state index contributed by atoms with van der Waals surface area (Å²) < 4.78 is 2.39. The van der Waals surface area contributed by atoms with Gasteiger partial charge < -0.3 is 4.57 Å². The SMILES string of the molecule is C/C=C\c1cc(-c2ccc3c(c2)c2c4ccccc4ccc2n3-c2ccccc2)ccc1C. The standard InChI is InChI=1S/C32H25N/c1-3-9-24-20-25(15-14-22(24)2)26-17-18-30-29(21-26)32-28-13-8-7-10-23(28)16-19-31(32)33(30)27-11-5-4-6-12-27/h3-21H,1-2H3/b9-3-. The summed E-state index contributed by atoms with van der Waals surface area (Å²) in [6.45, 7) is 4.24. The van der Waals surface area contributed by atoms with Gasteiger partial charge in [0.25, 0.3) is 0 Å². The maximum absolute atomic E-state index is 2.39. The summed E-state index contributed by atoms with van der Waals surface area (Å²) in [5.41, 5.74) is 8.72. The Hall–Kier alpha value is -4.10. The van der Waals surface area contributed by atoms with E-state index < -0.39 is 0 Å². The van der Waals surface area contributed by atoms with Crippen LogP contribution in [-0.2, 0) is 0 Å². The summed E-state index contributed by atoms with van der Waals surface area (Å²) >= 11 is 0. The van der Waals surface area contributed by atoms with E-state index in [9.17, 15) is 0 Å². The lowest BCUT2D eigenvalue weighted by Gasteiger charge is -2.09.